The molecule has 2 atom stereocenters. The third kappa shape index (κ3) is 3.15. The molecule has 0 heterocycles. The Morgan fingerprint density at radius 1 is 1.26 bits per heavy atom. The molecule has 6 heteroatoms. The van der Waals surface area contributed by atoms with Gasteiger partial charge in [-0.3, -0.25) is 14.9 Å². The number of anilines is 1. The number of hydrogen-bond acceptors (Lipinski definition) is 4. The molecular weight excluding hydrogens is 296 g/mol. The first-order valence-electron chi connectivity index (χ1n) is 7.28. The van der Waals surface area contributed by atoms with E-state index in [1.165, 1.54) is 19.2 Å². The molecule has 0 radical (unpaired) electrons. The van der Waals surface area contributed by atoms with Crippen LogP contribution in [0.4, 0.5) is 11.4 Å². The number of carbonyl (C=O) groups is 1. The zero-order chi connectivity index (χ0) is 16.4. The number of carbonyl (C=O) groups excluding carboxylic acids is 1. The van der Waals surface area contributed by atoms with E-state index >= 15 is 0 Å². The first-order valence-corrected chi connectivity index (χ1v) is 7.28. The highest BCUT2D eigenvalue weighted by Gasteiger charge is 2.44. The van der Waals surface area contributed by atoms with Crippen molar-refractivity contribution >= 4 is 17.3 Å². The summed E-state index contributed by atoms with van der Waals surface area (Å²) in [6.07, 6.45) is 0.764. The second-order valence-electron chi connectivity index (χ2n) is 5.49. The summed E-state index contributed by atoms with van der Waals surface area (Å²) in [5.74, 6) is 0.239. The number of rotatable bonds is 5. The van der Waals surface area contributed by atoms with E-state index in [-0.39, 0.29) is 29.1 Å². The molecule has 1 aliphatic carbocycles. The van der Waals surface area contributed by atoms with Crippen LogP contribution in [0, 0.1) is 16.0 Å². The van der Waals surface area contributed by atoms with Gasteiger partial charge in [-0.15, -0.1) is 0 Å². The normalized spacial score (nSPS) is 19.0. The molecule has 1 amide bonds. The molecule has 2 aromatic rings. The van der Waals surface area contributed by atoms with Gasteiger partial charge in [-0.1, -0.05) is 30.3 Å². The second-order valence-corrected chi connectivity index (χ2v) is 5.49. The lowest BCUT2D eigenvalue weighted by Crippen LogP contribution is -2.15. The summed E-state index contributed by atoms with van der Waals surface area (Å²) in [5, 5.41) is 13.8. The average molecular weight is 312 g/mol. The van der Waals surface area contributed by atoms with Crippen molar-refractivity contribution in [2.45, 2.75) is 12.3 Å². The van der Waals surface area contributed by atoms with Gasteiger partial charge in [0.1, 0.15) is 11.4 Å². The molecule has 1 N–H and O–H groups in total. The Morgan fingerprint density at radius 2 is 2.00 bits per heavy atom. The summed E-state index contributed by atoms with van der Waals surface area (Å²) < 4.78 is 4.98. The Labute approximate surface area is 133 Å². The SMILES string of the molecule is COc1ccc(NC(=O)[C@H]2C[C@@H]2c2ccccc2)c([N+](=O)[O-])c1. The molecule has 0 aliphatic heterocycles. The van der Waals surface area contributed by atoms with Gasteiger partial charge in [0.25, 0.3) is 5.69 Å². The number of nitro groups is 1. The van der Waals surface area contributed by atoms with Gasteiger partial charge in [-0.05, 0) is 30.0 Å². The quantitative estimate of drug-likeness (QED) is 0.678. The van der Waals surface area contributed by atoms with Gasteiger partial charge in [0.15, 0.2) is 0 Å². The molecular formula is C17H16N2O4. The molecule has 1 saturated carbocycles. The number of ether oxygens (including phenoxy) is 1. The first-order chi connectivity index (χ1) is 11.1. The third-order valence-electron chi connectivity index (χ3n) is 4.01. The van der Waals surface area contributed by atoms with Crippen LogP contribution >= 0.6 is 0 Å². The van der Waals surface area contributed by atoms with E-state index < -0.39 is 4.92 Å². The number of amides is 1. The fourth-order valence-corrected chi connectivity index (χ4v) is 2.67. The number of methoxy groups -OCH3 is 1. The lowest BCUT2D eigenvalue weighted by atomic mass is 10.1. The maximum atomic E-state index is 12.3. The van der Waals surface area contributed by atoms with Crippen LogP contribution in [0.25, 0.3) is 0 Å². The summed E-state index contributed by atoms with van der Waals surface area (Å²) >= 11 is 0. The Bertz CT molecular complexity index is 746. The van der Waals surface area contributed by atoms with E-state index in [2.05, 4.69) is 5.32 Å². The number of nitrogens with one attached hydrogen (secondary N) is 1. The zero-order valence-corrected chi connectivity index (χ0v) is 12.6. The van der Waals surface area contributed by atoms with Crippen LogP contribution in [0.3, 0.4) is 0 Å². The smallest absolute Gasteiger partial charge is 0.296 e. The maximum absolute atomic E-state index is 12.3. The molecule has 6 nitrogen and oxygen atoms in total. The lowest BCUT2D eigenvalue weighted by Gasteiger charge is -2.07. The van der Waals surface area contributed by atoms with Crippen LogP contribution in [-0.2, 0) is 4.79 Å². The van der Waals surface area contributed by atoms with Crippen molar-refractivity contribution in [3.63, 3.8) is 0 Å². The van der Waals surface area contributed by atoms with Crippen molar-refractivity contribution in [1.82, 2.24) is 0 Å². The highest BCUT2D eigenvalue weighted by Crippen LogP contribution is 2.48. The van der Waals surface area contributed by atoms with Gasteiger partial charge in [-0.25, -0.2) is 0 Å². The van der Waals surface area contributed by atoms with E-state index in [4.69, 9.17) is 4.74 Å². The van der Waals surface area contributed by atoms with Gasteiger partial charge < -0.3 is 10.1 Å². The highest BCUT2D eigenvalue weighted by atomic mass is 16.6. The Kier molecular flexibility index (Phi) is 3.97. The van der Waals surface area contributed by atoms with Crippen LogP contribution in [0.15, 0.2) is 48.5 Å². The monoisotopic (exact) mass is 312 g/mol. The lowest BCUT2D eigenvalue weighted by molar-refractivity contribution is -0.384. The van der Waals surface area contributed by atoms with Crippen LogP contribution in [0.1, 0.15) is 17.9 Å². The van der Waals surface area contributed by atoms with E-state index in [1.54, 1.807) is 6.07 Å². The number of benzene rings is 2. The fourth-order valence-electron chi connectivity index (χ4n) is 2.67. The molecule has 0 saturated heterocycles. The molecule has 0 aromatic heterocycles. The largest absolute Gasteiger partial charge is 0.496 e. The van der Waals surface area contributed by atoms with Crippen molar-refractivity contribution in [1.29, 1.82) is 0 Å². The minimum Gasteiger partial charge on any atom is -0.496 e. The van der Waals surface area contributed by atoms with E-state index in [9.17, 15) is 14.9 Å². The minimum atomic E-state index is -0.528. The topological polar surface area (TPSA) is 81.5 Å². The van der Waals surface area contributed by atoms with E-state index in [0.717, 1.165) is 12.0 Å². The Morgan fingerprint density at radius 3 is 2.65 bits per heavy atom. The molecule has 1 aliphatic rings. The van der Waals surface area contributed by atoms with Crippen LogP contribution < -0.4 is 10.1 Å². The molecule has 118 valence electrons. The summed E-state index contributed by atoms with van der Waals surface area (Å²) in [6.45, 7) is 0. The molecule has 1 fully saturated rings. The standard InChI is InChI=1S/C17H16N2O4/c1-23-12-7-8-15(16(9-12)19(21)22)18-17(20)14-10-13(14)11-5-3-2-4-6-11/h2-9,13-14H,10H2,1H3,(H,18,20)/t13-,14+/m1/s1. The predicted octanol–water partition coefficient (Wildman–Crippen LogP) is 3.35. The number of nitro benzene ring substituents is 1. The number of nitrogens with zero attached hydrogens (tertiary/aromatic N) is 1. The predicted molar refractivity (Wildman–Crippen MR) is 85.6 cm³/mol. The summed E-state index contributed by atoms with van der Waals surface area (Å²) in [6, 6.07) is 14.2. The summed E-state index contributed by atoms with van der Waals surface area (Å²) in [5.41, 5.74) is 1.14. The second kappa shape index (κ2) is 6.08. The number of hydrogen-bond donors (Lipinski definition) is 1. The minimum absolute atomic E-state index is 0.140. The van der Waals surface area contributed by atoms with E-state index in [1.807, 2.05) is 30.3 Å². The zero-order valence-electron chi connectivity index (χ0n) is 12.6. The van der Waals surface area contributed by atoms with Crippen molar-refractivity contribution in [3.8, 4) is 5.75 Å². The van der Waals surface area contributed by atoms with Crippen LogP contribution in [-0.4, -0.2) is 17.9 Å². The van der Waals surface area contributed by atoms with Crippen LogP contribution in [0.2, 0.25) is 0 Å². The molecule has 3 rings (SSSR count). The van der Waals surface area contributed by atoms with Crippen molar-refractivity contribution in [2.75, 3.05) is 12.4 Å². The summed E-state index contributed by atoms with van der Waals surface area (Å²) in [4.78, 5) is 22.9. The van der Waals surface area contributed by atoms with Gasteiger partial charge in [0.05, 0.1) is 18.1 Å². The Hall–Kier alpha value is -2.89. The maximum Gasteiger partial charge on any atom is 0.296 e. The third-order valence-corrected chi connectivity index (χ3v) is 4.01. The van der Waals surface area contributed by atoms with Gasteiger partial charge in [0.2, 0.25) is 5.91 Å². The van der Waals surface area contributed by atoms with Crippen molar-refractivity contribution in [2.24, 2.45) is 5.92 Å². The highest BCUT2D eigenvalue weighted by molar-refractivity contribution is 5.97. The van der Waals surface area contributed by atoms with Gasteiger partial charge >= 0.3 is 0 Å². The van der Waals surface area contributed by atoms with Gasteiger partial charge in [0, 0.05) is 5.92 Å². The molecule has 0 bridgehead atoms. The molecule has 0 spiro atoms. The van der Waals surface area contributed by atoms with Crippen molar-refractivity contribution in [3.05, 3.63) is 64.2 Å². The van der Waals surface area contributed by atoms with Crippen LogP contribution in [0.5, 0.6) is 5.75 Å². The van der Waals surface area contributed by atoms with E-state index in [0.29, 0.717) is 5.75 Å². The first kappa shape index (κ1) is 15.0. The fraction of sp³-hybridized carbons (Fsp3) is 0.235. The average Bonchev–Trinajstić information content (AvgIpc) is 3.36. The summed E-state index contributed by atoms with van der Waals surface area (Å²) in [7, 11) is 1.44. The molecule has 0 unspecified atom stereocenters. The molecule has 23 heavy (non-hydrogen) atoms. The Balaban J connectivity index is 1.73. The molecule has 2 aromatic carbocycles. The van der Waals surface area contributed by atoms with Crippen molar-refractivity contribution < 1.29 is 14.5 Å². The van der Waals surface area contributed by atoms with Gasteiger partial charge in [-0.2, -0.15) is 0 Å².